The fraction of sp³-hybridized carbons (Fsp3) is 0.364. The molecule has 2 aromatic rings. The molecular formula is C22H26Cl2N2O3. The van der Waals surface area contributed by atoms with Crippen LogP contribution in [0.25, 0.3) is 0 Å². The minimum absolute atomic E-state index is 0.113. The number of carbonyl (C=O) groups excluding carboxylic acids is 2. The van der Waals surface area contributed by atoms with Gasteiger partial charge in [0.15, 0.2) is 0 Å². The maximum absolute atomic E-state index is 12.8. The first-order valence-corrected chi connectivity index (χ1v) is 10.3. The van der Waals surface area contributed by atoms with E-state index in [-0.39, 0.29) is 28.5 Å². The van der Waals surface area contributed by atoms with Crippen molar-refractivity contribution in [1.82, 2.24) is 10.6 Å². The predicted molar refractivity (Wildman–Crippen MR) is 117 cm³/mol. The number of carbonyl (C=O) groups is 2. The molecular weight excluding hydrogens is 411 g/mol. The van der Waals surface area contributed by atoms with Crippen LogP contribution in [0, 0.1) is 5.92 Å². The van der Waals surface area contributed by atoms with Crippen molar-refractivity contribution in [2.75, 3.05) is 6.61 Å². The lowest BCUT2D eigenvalue weighted by Crippen LogP contribution is -2.50. The average Bonchev–Trinajstić information content (AvgIpc) is 2.66. The number of nitrogens with one attached hydrogen (secondary N) is 2. The fourth-order valence-electron chi connectivity index (χ4n) is 2.83. The van der Waals surface area contributed by atoms with Crippen molar-refractivity contribution in [3.63, 3.8) is 0 Å². The lowest BCUT2D eigenvalue weighted by Gasteiger charge is -2.24. The molecule has 2 N–H and O–H groups in total. The van der Waals surface area contributed by atoms with E-state index in [0.717, 1.165) is 11.3 Å². The lowest BCUT2D eigenvalue weighted by molar-refractivity contribution is -0.124. The molecule has 2 amide bonds. The summed E-state index contributed by atoms with van der Waals surface area (Å²) in [6.45, 7) is 8.15. The maximum Gasteiger partial charge on any atom is 0.253 e. The zero-order valence-corrected chi connectivity index (χ0v) is 18.5. The van der Waals surface area contributed by atoms with Gasteiger partial charge in [0, 0.05) is 5.02 Å². The van der Waals surface area contributed by atoms with E-state index in [1.165, 1.54) is 12.1 Å². The maximum atomic E-state index is 12.8. The van der Waals surface area contributed by atoms with E-state index in [9.17, 15) is 9.59 Å². The molecule has 1 unspecified atom stereocenters. The molecule has 0 heterocycles. The third-order valence-corrected chi connectivity index (χ3v) is 5.01. The SMILES string of the molecule is CCOc1ccc(C(C)NC(=O)[C@@H](NC(=O)c2ccc(Cl)cc2Cl)C(C)C)cc1. The minimum Gasteiger partial charge on any atom is -0.494 e. The first-order valence-electron chi connectivity index (χ1n) is 9.52. The highest BCUT2D eigenvalue weighted by molar-refractivity contribution is 6.36. The van der Waals surface area contributed by atoms with Gasteiger partial charge < -0.3 is 15.4 Å². The molecule has 0 bridgehead atoms. The first kappa shape index (κ1) is 23.0. The Bertz CT molecular complexity index is 854. The van der Waals surface area contributed by atoms with Crippen molar-refractivity contribution in [1.29, 1.82) is 0 Å². The molecule has 2 atom stereocenters. The topological polar surface area (TPSA) is 67.4 Å². The monoisotopic (exact) mass is 436 g/mol. The van der Waals surface area contributed by atoms with Gasteiger partial charge in [-0.1, -0.05) is 49.2 Å². The Morgan fingerprint density at radius 2 is 1.66 bits per heavy atom. The Kier molecular flexibility index (Phi) is 8.35. The highest BCUT2D eigenvalue weighted by Crippen LogP contribution is 2.22. The van der Waals surface area contributed by atoms with Gasteiger partial charge in [0.1, 0.15) is 11.8 Å². The molecule has 0 fully saturated rings. The van der Waals surface area contributed by atoms with Gasteiger partial charge in [-0.3, -0.25) is 9.59 Å². The summed E-state index contributed by atoms with van der Waals surface area (Å²) < 4.78 is 5.44. The summed E-state index contributed by atoms with van der Waals surface area (Å²) in [6, 6.07) is 11.2. The molecule has 0 saturated heterocycles. The molecule has 0 radical (unpaired) electrons. The van der Waals surface area contributed by atoms with Crippen molar-refractivity contribution in [3.8, 4) is 5.75 Å². The zero-order valence-electron chi connectivity index (χ0n) is 17.0. The number of amides is 2. The smallest absolute Gasteiger partial charge is 0.253 e. The van der Waals surface area contributed by atoms with Crippen LogP contribution in [0.1, 0.15) is 49.7 Å². The van der Waals surface area contributed by atoms with Crippen LogP contribution in [0.15, 0.2) is 42.5 Å². The van der Waals surface area contributed by atoms with Crippen molar-refractivity contribution < 1.29 is 14.3 Å². The van der Waals surface area contributed by atoms with Gasteiger partial charge in [0.25, 0.3) is 5.91 Å². The van der Waals surface area contributed by atoms with E-state index in [4.69, 9.17) is 27.9 Å². The first-order chi connectivity index (χ1) is 13.7. The van der Waals surface area contributed by atoms with E-state index >= 15 is 0 Å². The quantitative estimate of drug-likeness (QED) is 0.609. The Labute approximate surface area is 181 Å². The number of rotatable bonds is 8. The molecule has 0 spiro atoms. The third-order valence-electron chi connectivity index (χ3n) is 4.46. The van der Waals surface area contributed by atoms with Crippen LogP contribution in [-0.2, 0) is 4.79 Å². The van der Waals surface area contributed by atoms with E-state index < -0.39 is 11.9 Å². The van der Waals surface area contributed by atoms with Crippen LogP contribution < -0.4 is 15.4 Å². The number of ether oxygens (including phenoxy) is 1. The van der Waals surface area contributed by atoms with Crippen molar-refractivity contribution in [2.24, 2.45) is 5.92 Å². The molecule has 0 aliphatic carbocycles. The minimum atomic E-state index is -0.709. The molecule has 0 saturated carbocycles. The average molecular weight is 437 g/mol. The van der Waals surface area contributed by atoms with Crippen LogP contribution >= 0.6 is 23.2 Å². The summed E-state index contributed by atoms with van der Waals surface area (Å²) >= 11 is 12.0. The molecule has 7 heteroatoms. The Morgan fingerprint density at radius 1 is 1.00 bits per heavy atom. The fourth-order valence-corrected chi connectivity index (χ4v) is 3.33. The molecule has 0 aliphatic rings. The van der Waals surface area contributed by atoms with E-state index in [1.54, 1.807) is 6.07 Å². The number of hydrogen-bond donors (Lipinski definition) is 2. The van der Waals surface area contributed by atoms with Gasteiger partial charge in [-0.2, -0.15) is 0 Å². The van der Waals surface area contributed by atoms with Gasteiger partial charge in [-0.25, -0.2) is 0 Å². The van der Waals surface area contributed by atoms with Gasteiger partial charge in [-0.05, 0) is 55.7 Å². The molecule has 0 aliphatic heterocycles. The summed E-state index contributed by atoms with van der Waals surface area (Å²) in [7, 11) is 0. The number of benzene rings is 2. The Hall–Kier alpha value is -2.24. The largest absolute Gasteiger partial charge is 0.494 e. The van der Waals surface area contributed by atoms with E-state index in [2.05, 4.69) is 10.6 Å². The molecule has 2 rings (SSSR count). The molecule has 156 valence electrons. The summed E-state index contributed by atoms with van der Waals surface area (Å²) in [6.07, 6.45) is 0. The molecule has 2 aromatic carbocycles. The second kappa shape index (κ2) is 10.5. The number of hydrogen-bond acceptors (Lipinski definition) is 3. The van der Waals surface area contributed by atoms with Crippen LogP contribution in [-0.4, -0.2) is 24.5 Å². The van der Waals surface area contributed by atoms with Crippen molar-refractivity contribution in [2.45, 2.75) is 39.8 Å². The molecule has 29 heavy (non-hydrogen) atoms. The second-order valence-corrected chi connectivity index (χ2v) is 7.90. The summed E-state index contributed by atoms with van der Waals surface area (Å²) in [4.78, 5) is 25.5. The Morgan fingerprint density at radius 3 is 2.21 bits per heavy atom. The van der Waals surface area contributed by atoms with Gasteiger partial charge in [0.2, 0.25) is 5.91 Å². The van der Waals surface area contributed by atoms with E-state index in [0.29, 0.717) is 11.6 Å². The summed E-state index contributed by atoms with van der Waals surface area (Å²) in [5, 5.41) is 6.41. The van der Waals surface area contributed by atoms with E-state index in [1.807, 2.05) is 52.0 Å². The van der Waals surface area contributed by atoms with Gasteiger partial charge in [0.05, 0.1) is 23.2 Å². The van der Waals surface area contributed by atoms with Crippen LogP contribution in [0.2, 0.25) is 10.0 Å². The summed E-state index contributed by atoms with van der Waals surface area (Å²) in [5.41, 5.74) is 1.21. The third kappa shape index (κ3) is 6.38. The van der Waals surface area contributed by atoms with Crippen molar-refractivity contribution >= 4 is 35.0 Å². The zero-order chi connectivity index (χ0) is 21.6. The second-order valence-electron chi connectivity index (χ2n) is 7.05. The van der Waals surface area contributed by atoms with Crippen LogP contribution in [0.3, 0.4) is 0 Å². The molecule has 5 nitrogen and oxygen atoms in total. The highest BCUT2D eigenvalue weighted by Gasteiger charge is 2.26. The Balaban J connectivity index is 2.07. The van der Waals surface area contributed by atoms with Gasteiger partial charge in [-0.15, -0.1) is 0 Å². The predicted octanol–water partition coefficient (Wildman–Crippen LogP) is 5.02. The van der Waals surface area contributed by atoms with Crippen molar-refractivity contribution in [3.05, 3.63) is 63.6 Å². The van der Waals surface area contributed by atoms with Crippen LogP contribution in [0.4, 0.5) is 0 Å². The van der Waals surface area contributed by atoms with Crippen LogP contribution in [0.5, 0.6) is 5.75 Å². The summed E-state index contributed by atoms with van der Waals surface area (Å²) in [5.74, 6) is -0.0199. The highest BCUT2D eigenvalue weighted by atomic mass is 35.5. The number of halogens is 2. The standard InChI is InChI=1S/C22H26Cl2N2O3/c1-5-29-17-9-6-15(7-10-17)14(4)25-22(28)20(13(2)3)26-21(27)18-11-8-16(23)12-19(18)24/h6-14,20H,5H2,1-4H3,(H,25,28)(H,26,27)/t14?,20-/m0/s1. The van der Waals surface area contributed by atoms with Gasteiger partial charge >= 0.3 is 0 Å². The lowest BCUT2D eigenvalue weighted by atomic mass is 10.0. The molecule has 0 aromatic heterocycles. The normalized spacial score (nSPS) is 12.9.